The average molecular weight is 218 g/mol. The van der Waals surface area contributed by atoms with Gasteiger partial charge in [-0.15, -0.1) is 0 Å². The zero-order valence-corrected chi connectivity index (χ0v) is 10.7. The van der Waals surface area contributed by atoms with E-state index in [1.165, 1.54) is 51.4 Å². The van der Waals surface area contributed by atoms with Crippen molar-refractivity contribution in [2.24, 2.45) is 17.8 Å². The van der Waals surface area contributed by atoms with Crippen molar-refractivity contribution in [3.8, 4) is 0 Å². The fraction of sp³-hybridized carbons (Fsp3) is 0.750. The molecule has 3 rings (SSSR count). The third-order valence-electron chi connectivity index (χ3n) is 4.34. The predicted molar refractivity (Wildman–Crippen MR) is 71.4 cm³/mol. The van der Waals surface area contributed by atoms with E-state index in [0.717, 1.165) is 17.8 Å². The minimum atomic E-state index is 0.898. The van der Waals surface area contributed by atoms with Crippen LogP contribution in [-0.2, 0) is 0 Å². The second-order valence-corrected chi connectivity index (χ2v) is 5.77. The third kappa shape index (κ3) is 3.50. The van der Waals surface area contributed by atoms with E-state index in [0.29, 0.717) is 0 Å². The molecule has 1 fully saturated rings. The van der Waals surface area contributed by atoms with Gasteiger partial charge in [-0.05, 0) is 37.0 Å². The standard InChI is InChI=1S/C9H12.C7H14/c1-2-5-9-7-3-6-8(9)4-1;1-7-5-3-2-4-6-7/h1-3,6,8-9H,4-5,7H2;7H,2-6H2,1H3. The Morgan fingerprint density at radius 3 is 2.12 bits per heavy atom. The van der Waals surface area contributed by atoms with E-state index in [-0.39, 0.29) is 0 Å². The molecule has 2 unspecified atom stereocenters. The molecule has 3 aliphatic rings. The van der Waals surface area contributed by atoms with Crippen molar-refractivity contribution in [3.05, 3.63) is 24.3 Å². The van der Waals surface area contributed by atoms with Crippen LogP contribution < -0.4 is 0 Å². The Kier molecular flexibility index (Phi) is 4.69. The van der Waals surface area contributed by atoms with E-state index < -0.39 is 0 Å². The summed E-state index contributed by atoms with van der Waals surface area (Å²) in [4.78, 5) is 0. The molecule has 0 amide bonds. The number of rotatable bonds is 0. The van der Waals surface area contributed by atoms with Gasteiger partial charge in [0.1, 0.15) is 0 Å². The lowest BCUT2D eigenvalue weighted by molar-refractivity contribution is 0.385. The molecule has 0 N–H and O–H groups in total. The van der Waals surface area contributed by atoms with Crippen LogP contribution in [-0.4, -0.2) is 0 Å². The Balaban J connectivity index is 0.000000125. The molecule has 0 nitrogen and oxygen atoms in total. The van der Waals surface area contributed by atoms with Crippen molar-refractivity contribution in [3.63, 3.8) is 0 Å². The van der Waals surface area contributed by atoms with E-state index in [1.54, 1.807) is 0 Å². The van der Waals surface area contributed by atoms with Crippen molar-refractivity contribution in [1.29, 1.82) is 0 Å². The van der Waals surface area contributed by atoms with E-state index in [1.807, 2.05) is 0 Å². The summed E-state index contributed by atoms with van der Waals surface area (Å²) in [6, 6.07) is 0. The molecule has 0 aliphatic heterocycles. The van der Waals surface area contributed by atoms with Gasteiger partial charge in [0.15, 0.2) is 0 Å². The van der Waals surface area contributed by atoms with E-state index >= 15 is 0 Å². The quantitative estimate of drug-likeness (QED) is 0.495. The molecule has 0 heteroatoms. The molecule has 0 heterocycles. The third-order valence-corrected chi connectivity index (χ3v) is 4.34. The minimum absolute atomic E-state index is 0.898. The topological polar surface area (TPSA) is 0 Å². The van der Waals surface area contributed by atoms with Crippen LogP contribution in [0.5, 0.6) is 0 Å². The zero-order valence-electron chi connectivity index (χ0n) is 10.7. The highest BCUT2D eigenvalue weighted by atomic mass is 14.3. The molecule has 0 aromatic carbocycles. The van der Waals surface area contributed by atoms with Crippen LogP contribution >= 0.6 is 0 Å². The van der Waals surface area contributed by atoms with Crippen LogP contribution in [0.4, 0.5) is 0 Å². The fourth-order valence-corrected chi connectivity index (χ4v) is 3.13. The van der Waals surface area contributed by atoms with Crippen LogP contribution in [0.3, 0.4) is 0 Å². The molecule has 16 heavy (non-hydrogen) atoms. The molecular formula is C16H26. The summed E-state index contributed by atoms with van der Waals surface area (Å²) in [5.41, 5.74) is 0. The van der Waals surface area contributed by atoms with Crippen LogP contribution in [0.1, 0.15) is 58.3 Å². The van der Waals surface area contributed by atoms with Crippen LogP contribution in [0, 0.1) is 17.8 Å². The normalized spacial score (nSPS) is 33.1. The second kappa shape index (κ2) is 6.27. The maximum atomic E-state index is 2.38. The van der Waals surface area contributed by atoms with Gasteiger partial charge < -0.3 is 0 Å². The Bertz CT molecular complexity index is 243. The van der Waals surface area contributed by atoms with Gasteiger partial charge in [0.05, 0.1) is 0 Å². The smallest absolute Gasteiger partial charge is 0.0165 e. The predicted octanol–water partition coefficient (Wildman–Crippen LogP) is 5.12. The van der Waals surface area contributed by atoms with Gasteiger partial charge in [-0.3, -0.25) is 0 Å². The Labute approximate surface area is 101 Å². The summed E-state index contributed by atoms with van der Waals surface area (Å²) in [5.74, 6) is 2.90. The van der Waals surface area contributed by atoms with Crippen molar-refractivity contribution < 1.29 is 0 Å². The Morgan fingerprint density at radius 2 is 1.50 bits per heavy atom. The van der Waals surface area contributed by atoms with Crippen molar-refractivity contribution in [2.45, 2.75) is 58.3 Å². The molecule has 0 aromatic rings. The highest BCUT2D eigenvalue weighted by molar-refractivity contribution is 5.08. The average Bonchev–Trinajstić information content (AvgIpc) is 2.79. The van der Waals surface area contributed by atoms with Gasteiger partial charge in [-0.1, -0.05) is 63.3 Å². The highest BCUT2D eigenvalue weighted by Crippen LogP contribution is 2.34. The van der Waals surface area contributed by atoms with Crippen LogP contribution in [0.2, 0.25) is 0 Å². The number of hydrogen-bond acceptors (Lipinski definition) is 0. The zero-order chi connectivity index (χ0) is 11.2. The van der Waals surface area contributed by atoms with Gasteiger partial charge in [0.2, 0.25) is 0 Å². The first kappa shape index (κ1) is 12.0. The SMILES string of the molecule is C1=CCC2CC=CC2C1.CC1CCCCC1. The molecule has 0 saturated heterocycles. The molecule has 90 valence electrons. The molecule has 1 saturated carbocycles. The summed E-state index contributed by atoms with van der Waals surface area (Å²) in [7, 11) is 0. The van der Waals surface area contributed by atoms with Crippen molar-refractivity contribution in [1.82, 2.24) is 0 Å². The molecule has 2 atom stereocenters. The summed E-state index contributed by atoms with van der Waals surface area (Å²) in [5, 5.41) is 0. The molecule has 0 radical (unpaired) electrons. The summed E-state index contributed by atoms with van der Waals surface area (Å²) < 4.78 is 0. The lowest BCUT2D eigenvalue weighted by atomic mass is 9.86. The van der Waals surface area contributed by atoms with Gasteiger partial charge in [-0.2, -0.15) is 0 Å². The van der Waals surface area contributed by atoms with Gasteiger partial charge in [0.25, 0.3) is 0 Å². The van der Waals surface area contributed by atoms with Crippen LogP contribution in [0.15, 0.2) is 24.3 Å². The first-order valence-corrected chi connectivity index (χ1v) is 7.18. The maximum Gasteiger partial charge on any atom is -0.0165 e. The van der Waals surface area contributed by atoms with E-state index in [4.69, 9.17) is 0 Å². The lowest BCUT2D eigenvalue weighted by Gasteiger charge is -2.19. The first-order valence-electron chi connectivity index (χ1n) is 7.18. The number of fused-ring (bicyclic) bond motifs is 1. The Morgan fingerprint density at radius 1 is 0.812 bits per heavy atom. The number of allylic oxidation sites excluding steroid dienone is 4. The lowest BCUT2D eigenvalue weighted by Crippen LogP contribution is -2.09. The monoisotopic (exact) mass is 218 g/mol. The van der Waals surface area contributed by atoms with Gasteiger partial charge in [0, 0.05) is 0 Å². The molecule has 0 spiro atoms. The molecule has 3 aliphatic carbocycles. The maximum absolute atomic E-state index is 2.38. The van der Waals surface area contributed by atoms with Crippen molar-refractivity contribution in [2.75, 3.05) is 0 Å². The number of hydrogen-bond donors (Lipinski definition) is 0. The van der Waals surface area contributed by atoms with Crippen molar-refractivity contribution >= 4 is 0 Å². The molecular weight excluding hydrogens is 192 g/mol. The van der Waals surface area contributed by atoms with E-state index in [2.05, 4.69) is 31.2 Å². The summed E-state index contributed by atoms with van der Waals surface area (Å²) in [6.07, 6.45) is 20.7. The minimum Gasteiger partial charge on any atom is -0.0882 e. The highest BCUT2D eigenvalue weighted by Gasteiger charge is 2.22. The fourth-order valence-electron chi connectivity index (χ4n) is 3.13. The summed E-state index contributed by atoms with van der Waals surface area (Å²) in [6.45, 7) is 2.36. The summed E-state index contributed by atoms with van der Waals surface area (Å²) >= 11 is 0. The van der Waals surface area contributed by atoms with E-state index in [9.17, 15) is 0 Å². The Hall–Kier alpha value is -0.520. The first-order chi connectivity index (χ1) is 7.86. The van der Waals surface area contributed by atoms with Gasteiger partial charge >= 0.3 is 0 Å². The van der Waals surface area contributed by atoms with Crippen LogP contribution in [0.25, 0.3) is 0 Å². The largest absolute Gasteiger partial charge is 0.0882 e. The molecule has 0 aromatic heterocycles. The second-order valence-electron chi connectivity index (χ2n) is 5.77. The molecule has 0 bridgehead atoms. The van der Waals surface area contributed by atoms with Gasteiger partial charge in [-0.25, -0.2) is 0 Å².